The van der Waals surface area contributed by atoms with Gasteiger partial charge in [0.2, 0.25) is 0 Å². The number of rotatable bonds is 5. The van der Waals surface area contributed by atoms with Gasteiger partial charge in [-0.3, -0.25) is 9.59 Å². The molecule has 0 aliphatic heterocycles. The van der Waals surface area contributed by atoms with Gasteiger partial charge in [-0.15, -0.1) is 0 Å². The van der Waals surface area contributed by atoms with E-state index in [0.29, 0.717) is 18.7 Å². The molecule has 0 heterocycles. The van der Waals surface area contributed by atoms with Crippen molar-refractivity contribution in [2.75, 3.05) is 19.7 Å². The Balaban J connectivity index is 2.83. The quantitative estimate of drug-likeness (QED) is 0.783. The number of likely N-dealkylation sites (N-methyl/N-ethyl adjacent to an activating group) is 1. The molecule has 116 valence electrons. The van der Waals surface area contributed by atoms with Crippen molar-refractivity contribution in [3.8, 4) is 0 Å². The number of carbonyl (C=O) groups excluding carboxylic acids is 2. The van der Waals surface area contributed by atoms with E-state index in [2.05, 4.69) is 20.8 Å². The molecule has 4 heteroatoms. The highest BCUT2D eigenvalue weighted by molar-refractivity contribution is 5.96. The van der Waals surface area contributed by atoms with Gasteiger partial charge in [-0.1, -0.05) is 32.9 Å². The Labute approximate surface area is 127 Å². The minimum Gasteiger partial charge on any atom is -0.465 e. The van der Waals surface area contributed by atoms with Crippen LogP contribution in [0.2, 0.25) is 0 Å². The van der Waals surface area contributed by atoms with Crippen molar-refractivity contribution < 1.29 is 14.3 Å². The Bertz CT molecular complexity index is 486. The van der Waals surface area contributed by atoms with Crippen LogP contribution in [0.15, 0.2) is 24.3 Å². The number of esters is 1. The van der Waals surface area contributed by atoms with Crippen LogP contribution in [-0.4, -0.2) is 36.5 Å². The molecule has 0 aliphatic rings. The summed E-state index contributed by atoms with van der Waals surface area (Å²) >= 11 is 0. The number of carbonyl (C=O) groups is 2. The fourth-order valence-corrected chi connectivity index (χ4v) is 1.99. The molecular formula is C17H25NO3. The Kier molecular flexibility index (Phi) is 5.94. The number of benzene rings is 1. The van der Waals surface area contributed by atoms with Crippen LogP contribution >= 0.6 is 0 Å². The van der Waals surface area contributed by atoms with E-state index in [0.717, 1.165) is 0 Å². The zero-order chi connectivity index (χ0) is 16.0. The fraction of sp³-hybridized carbons (Fsp3) is 0.529. The lowest BCUT2D eigenvalue weighted by Crippen LogP contribution is -2.36. The molecule has 1 rings (SSSR count). The highest BCUT2D eigenvalue weighted by Gasteiger charge is 2.19. The third-order valence-electron chi connectivity index (χ3n) is 3.29. The maximum atomic E-state index is 12.4. The Hall–Kier alpha value is -1.84. The summed E-state index contributed by atoms with van der Waals surface area (Å²) in [7, 11) is 0. The topological polar surface area (TPSA) is 46.6 Å². The minimum absolute atomic E-state index is 0.00973. The number of hydrogen-bond donors (Lipinski definition) is 0. The van der Waals surface area contributed by atoms with Crippen LogP contribution in [0.4, 0.5) is 0 Å². The molecule has 0 bridgehead atoms. The van der Waals surface area contributed by atoms with Gasteiger partial charge in [0.1, 0.15) is 6.54 Å². The van der Waals surface area contributed by atoms with Crippen LogP contribution in [0.3, 0.4) is 0 Å². The third-order valence-corrected chi connectivity index (χ3v) is 3.29. The summed E-state index contributed by atoms with van der Waals surface area (Å²) in [5, 5.41) is 0. The van der Waals surface area contributed by atoms with Gasteiger partial charge in [0.15, 0.2) is 0 Å². The van der Waals surface area contributed by atoms with Gasteiger partial charge in [-0.2, -0.15) is 0 Å². The largest absolute Gasteiger partial charge is 0.465 e. The van der Waals surface area contributed by atoms with Crippen LogP contribution in [0.1, 0.15) is 50.5 Å². The summed E-state index contributed by atoms with van der Waals surface area (Å²) in [5.74, 6) is -0.523. The van der Waals surface area contributed by atoms with Crippen molar-refractivity contribution in [2.45, 2.75) is 40.0 Å². The van der Waals surface area contributed by atoms with Gasteiger partial charge in [-0.05, 0) is 37.0 Å². The van der Waals surface area contributed by atoms with Crippen LogP contribution in [0.5, 0.6) is 0 Å². The highest BCUT2D eigenvalue weighted by atomic mass is 16.5. The van der Waals surface area contributed by atoms with E-state index in [1.165, 1.54) is 10.5 Å². The Morgan fingerprint density at radius 2 is 1.67 bits per heavy atom. The molecule has 0 N–H and O–H groups in total. The molecule has 1 amide bonds. The number of amides is 1. The Morgan fingerprint density at radius 3 is 2.10 bits per heavy atom. The standard InChI is InChI=1S/C17H25NO3/c1-6-18(12-15(19)21-7-2)16(20)13-8-10-14(11-9-13)17(3,4)5/h8-11H,6-7,12H2,1-5H3. The van der Waals surface area contributed by atoms with E-state index in [1.54, 1.807) is 6.92 Å². The number of ether oxygens (including phenoxy) is 1. The number of hydrogen-bond acceptors (Lipinski definition) is 3. The second-order valence-electron chi connectivity index (χ2n) is 5.95. The molecule has 0 saturated heterocycles. The van der Waals surface area contributed by atoms with Crippen LogP contribution in [0, 0.1) is 0 Å². The first-order valence-electron chi connectivity index (χ1n) is 7.35. The minimum atomic E-state index is -0.376. The van der Waals surface area contributed by atoms with Gasteiger partial charge < -0.3 is 9.64 Å². The normalized spacial score (nSPS) is 11.1. The summed E-state index contributed by atoms with van der Waals surface area (Å²) in [4.78, 5) is 25.4. The maximum Gasteiger partial charge on any atom is 0.325 e. The van der Waals surface area contributed by atoms with E-state index >= 15 is 0 Å². The van der Waals surface area contributed by atoms with Crippen molar-refractivity contribution >= 4 is 11.9 Å². The number of nitrogens with zero attached hydrogens (tertiary/aromatic N) is 1. The molecule has 0 aromatic heterocycles. The van der Waals surface area contributed by atoms with Crippen LogP contribution in [-0.2, 0) is 14.9 Å². The van der Waals surface area contributed by atoms with E-state index in [-0.39, 0.29) is 23.8 Å². The van der Waals surface area contributed by atoms with Crippen LogP contribution < -0.4 is 0 Å². The molecule has 1 aromatic rings. The first-order chi connectivity index (χ1) is 9.79. The molecule has 0 fully saturated rings. The highest BCUT2D eigenvalue weighted by Crippen LogP contribution is 2.22. The molecule has 4 nitrogen and oxygen atoms in total. The second kappa shape index (κ2) is 7.25. The molecule has 0 aliphatic carbocycles. The van der Waals surface area contributed by atoms with Crippen molar-refractivity contribution in [1.29, 1.82) is 0 Å². The SMILES string of the molecule is CCOC(=O)CN(CC)C(=O)c1ccc(C(C)(C)C)cc1. The van der Waals surface area contributed by atoms with Crippen molar-refractivity contribution in [1.82, 2.24) is 4.90 Å². The fourth-order valence-electron chi connectivity index (χ4n) is 1.99. The monoisotopic (exact) mass is 291 g/mol. The molecule has 21 heavy (non-hydrogen) atoms. The first-order valence-corrected chi connectivity index (χ1v) is 7.35. The van der Waals surface area contributed by atoms with Gasteiger partial charge in [0.05, 0.1) is 6.61 Å². The molecule has 0 unspecified atom stereocenters. The van der Waals surface area contributed by atoms with Gasteiger partial charge in [-0.25, -0.2) is 0 Å². The van der Waals surface area contributed by atoms with E-state index in [1.807, 2.05) is 31.2 Å². The summed E-state index contributed by atoms with van der Waals surface area (Å²) in [5.41, 5.74) is 1.82. The predicted octanol–water partition coefficient (Wildman–Crippen LogP) is 3.01. The van der Waals surface area contributed by atoms with Gasteiger partial charge in [0.25, 0.3) is 5.91 Å². The zero-order valence-electron chi connectivity index (χ0n) is 13.6. The summed E-state index contributed by atoms with van der Waals surface area (Å²) in [6, 6.07) is 7.56. The molecule has 0 atom stereocenters. The predicted molar refractivity (Wildman–Crippen MR) is 83.4 cm³/mol. The third kappa shape index (κ3) is 4.88. The van der Waals surface area contributed by atoms with Gasteiger partial charge >= 0.3 is 5.97 Å². The lowest BCUT2D eigenvalue weighted by Gasteiger charge is -2.22. The first kappa shape index (κ1) is 17.2. The van der Waals surface area contributed by atoms with Crippen molar-refractivity contribution in [2.24, 2.45) is 0 Å². The average Bonchev–Trinajstić information content (AvgIpc) is 2.43. The summed E-state index contributed by atoms with van der Waals surface area (Å²) in [6.45, 7) is 10.8. The van der Waals surface area contributed by atoms with E-state index < -0.39 is 0 Å². The summed E-state index contributed by atoms with van der Waals surface area (Å²) < 4.78 is 4.89. The molecule has 1 aromatic carbocycles. The second-order valence-corrected chi connectivity index (χ2v) is 5.95. The van der Waals surface area contributed by atoms with Gasteiger partial charge in [0, 0.05) is 12.1 Å². The Morgan fingerprint density at radius 1 is 1.10 bits per heavy atom. The molecule has 0 radical (unpaired) electrons. The molecule has 0 saturated carbocycles. The van der Waals surface area contributed by atoms with Crippen molar-refractivity contribution in [3.05, 3.63) is 35.4 Å². The average molecular weight is 291 g/mol. The smallest absolute Gasteiger partial charge is 0.325 e. The van der Waals surface area contributed by atoms with Crippen LogP contribution in [0.25, 0.3) is 0 Å². The lowest BCUT2D eigenvalue weighted by molar-refractivity contribution is -0.143. The zero-order valence-corrected chi connectivity index (χ0v) is 13.6. The molecular weight excluding hydrogens is 266 g/mol. The summed E-state index contributed by atoms with van der Waals surface area (Å²) in [6.07, 6.45) is 0. The maximum absolute atomic E-state index is 12.4. The van der Waals surface area contributed by atoms with E-state index in [4.69, 9.17) is 4.74 Å². The molecule has 0 spiro atoms. The van der Waals surface area contributed by atoms with Crippen molar-refractivity contribution in [3.63, 3.8) is 0 Å². The lowest BCUT2D eigenvalue weighted by atomic mass is 9.86. The van der Waals surface area contributed by atoms with E-state index in [9.17, 15) is 9.59 Å².